The van der Waals surface area contributed by atoms with Crippen LogP contribution in [0.4, 0.5) is 0 Å². The standard InChI is InChI=1S/C12H23N3O/c1-9(2)7-13-8-11-14-10(15-16-11)6-12(3,4)5/h9,13H,6-8H2,1-5H3. The molecule has 4 nitrogen and oxygen atoms in total. The van der Waals surface area contributed by atoms with E-state index in [4.69, 9.17) is 4.52 Å². The van der Waals surface area contributed by atoms with Crippen LogP contribution in [0.25, 0.3) is 0 Å². The van der Waals surface area contributed by atoms with Crippen molar-refractivity contribution >= 4 is 0 Å². The van der Waals surface area contributed by atoms with Crippen molar-refractivity contribution in [3.8, 4) is 0 Å². The van der Waals surface area contributed by atoms with E-state index in [0.29, 0.717) is 18.4 Å². The summed E-state index contributed by atoms with van der Waals surface area (Å²) in [4.78, 5) is 4.35. The van der Waals surface area contributed by atoms with Gasteiger partial charge in [0.2, 0.25) is 5.89 Å². The Kier molecular flexibility index (Phi) is 4.47. The lowest BCUT2D eigenvalue weighted by molar-refractivity contribution is 0.346. The molecular weight excluding hydrogens is 202 g/mol. The molecule has 0 fully saturated rings. The van der Waals surface area contributed by atoms with Crippen LogP contribution in [0.1, 0.15) is 46.3 Å². The number of aromatic nitrogens is 2. The monoisotopic (exact) mass is 225 g/mol. The first-order chi connectivity index (χ1) is 7.37. The number of nitrogens with one attached hydrogen (secondary N) is 1. The van der Waals surface area contributed by atoms with Crippen LogP contribution < -0.4 is 5.32 Å². The first kappa shape index (κ1) is 13.2. The molecule has 1 aromatic heterocycles. The molecule has 0 aliphatic heterocycles. The van der Waals surface area contributed by atoms with Gasteiger partial charge in [-0.25, -0.2) is 0 Å². The largest absolute Gasteiger partial charge is 0.338 e. The summed E-state index contributed by atoms with van der Waals surface area (Å²) in [5, 5.41) is 7.25. The second-order valence-electron chi connectivity index (χ2n) is 5.87. The van der Waals surface area contributed by atoms with Crippen molar-refractivity contribution in [3.63, 3.8) is 0 Å². The van der Waals surface area contributed by atoms with Crippen molar-refractivity contribution in [2.75, 3.05) is 6.54 Å². The third-order valence-corrected chi connectivity index (χ3v) is 2.03. The summed E-state index contributed by atoms with van der Waals surface area (Å²) < 4.78 is 5.17. The fourth-order valence-corrected chi connectivity index (χ4v) is 1.38. The Morgan fingerprint density at radius 2 is 2.00 bits per heavy atom. The van der Waals surface area contributed by atoms with Gasteiger partial charge >= 0.3 is 0 Å². The molecule has 1 aromatic rings. The van der Waals surface area contributed by atoms with Crippen molar-refractivity contribution < 1.29 is 4.52 Å². The number of rotatable bonds is 5. The summed E-state index contributed by atoms with van der Waals surface area (Å²) >= 11 is 0. The number of hydrogen-bond donors (Lipinski definition) is 1. The van der Waals surface area contributed by atoms with Crippen LogP contribution in [0.15, 0.2) is 4.52 Å². The maximum absolute atomic E-state index is 5.17. The molecule has 0 aliphatic carbocycles. The van der Waals surface area contributed by atoms with E-state index in [1.807, 2.05) is 0 Å². The van der Waals surface area contributed by atoms with Crippen LogP contribution in [-0.4, -0.2) is 16.7 Å². The normalized spacial score (nSPS) is 12.4. The Bertz CT molecular complexity index is 312. The van der Waals surface area contributed by atoms with Crippen LogP contribution in [0.2, 0.25) is 0 Å². The van der Waals surface area contributed by atoms with E-state index < -0.39 is 0 Å². The highest BCUT2D eigenvalue weighted by atomic mass is 16.5. The van der Waals surface area contributed by atoms with Gasteiger partial charge in [-0.3, -0.25) is 0 Å². The molecule has 16 heavy (non-hydrogen) atoms. The molecule has 0 radical (unpaired) electrons. The van der Waals surface area contributed by atoms with Gasteiger partial charge in [0.25, 0.3) is 0 Å². The first-order valence-corrected chi connectivity index (χ1v) is 5.89. The molecule has 0 saturated carbocycles. The first-order valence-electron chi connectivity index (χ1n) is 5.89. The minimum atomic E-state index is 0.201. The fraction of sp³-hybridized carbons (Fsp3) is 0.833. The Morgan fingerprint density at radius 1 is 1.31 bits per heavy atom. The van der Waals surface area contributed by atoms with E-state index in [2.05, 4.69) is 50.1 Å². The molecule has 0 spiro atoms. The molecule has 0 unspecified atom stereocenters. The lowest BCUT2D eigenvalue weighted by atomic mass is 9.92. The molecule has 0 saturated heterocycles. The van der Waals surface area contributed by atoms with Crippen molar-refractivity contribution in [2.24, 2.45) is 11.3 Å². The number of nitrogens with zero attached hydrogens (tertiary/aromatic N) is 2. The smallest absolute Gasteiger partial charge is 0.240 e. The van der Waals surface area contributed by atoms with Gasteiger partial charge in [-0.1, -0.05) is 39.8 Å². The average Bonchev–Trinajstić information content (AvgIpc) is 2.48. The van der Waals surface area contributed by atoms with Crippen molar-refractivity contribution in [3.05, 3.63) is 11.7 Å². The topological polar surface area (TPSA) is 51.0 Å². The van der Waals surface area contributed by atoms with Gasteiger partial charge in [-0.2, -0.15) is 4.98 Å². The van der Waals surface area contributed by atoms with Gasteiger partial charge in [-0.05, 0) is 17.9 Å². The zero-order valence-corrected chi connectivity index (χ0v) is 11.0. The second-order valence-corrected chi connectivity index (χ2v) is 5.87. The Labute approximate surface area is 97.8 Å². The third-order valence-electron chi connectivity index (χ3n) is 2.03. The second kappa shape index (κ2) is 5.43. The van der Waals surface area contributed by atoms with E-state index in [1.54, 1.807) is 0 Å². The highest BCUT2D eigenvalue weighted by molar-refractivity contribution is 4.89. The van der Waals surface area contributed by atoms with Gasteiger partial charge in [0.1, 0.15) is 0 Å². The molecule has 0 aromatic carbocycles. The summed E-state index contributed by atoms with van der Waals surface area (Å²) in [7, 11) is 0. The minimum Gasteiger partial charge on any atom is -0.338 e. The molecule has 0 bridgehead atoms. The van der Waals surface area contributed by atoms with Crippen LogP contribution in [0.3, 0.4) is 0 Å². The Balaban J connectivity index is 2.40. The summed E-state index contributed by atoms with van der Waals surface area (Å²) in [5.74, 6) is 2.12. The van der Waals surface area contributed by atoms with E-state index in [1.165, 1.54) is 0 Å². The average molecular weight is 225 g/mol. The summed E-state index contributed by atoms with van der Waals surface area (Å²) in [6.45, 7) is 12.5. The maximum atomic E-state index is 5.17. The van der Waals surface area contributed by atoms with E-state index in [0.717, 1.165) is 18.8 Å². The maximum Gasteiger partial charge on any atom is 0.240 e. The highest BCUT2D eigenvalue weighted by Gasteiger charge is 2.15. The summed E-state index contributed by atoms with van der Waals surface area (Å²) in [6.07, 6.45) is 0.848. The minimum absolute atomic E-state index is 0.201. The van der Waals surface area contributed by atoms with Crippen LogP contribution in [0, 0.1) is 11.3 Å². The van der Waals surface area contributed by atoms with Crippen molar-refractivity contribution in [1.82, 2.24) is 15.5 Å². The molecule has 1 N–H and O–H groups in total. The quantitative estimate of drug-likeness (QED) is 0.836. The van der Waals surface area contributed by atoms with E-state index >= 15 is 0 Å². The molecular formula is C12H23N3O. The number of hydrogen-bond acceptors (Lipinski definition) is 4. The van der Waals surface area contributed by atoms with Gasteiger partial charge in [0.15, 0.2) is 5.82 Å². The van der Waals surface area contributed by atoms with Crippen molar-refractivity contribution in [2.45, 2.75) is 47.6 Å². The molecule has 0 atom stereocenters. The predicted molar refractivity (Wildman–Crippen MR) is 64.0 cm³/mol. The zero-order valence-electron chi connectivity index (χ0n) is 11.0. The molecule has 1 rings (SSSR count). The zero-order chi connectivity index (χ0) is 12.2. The molecule has 1 heterocycles. The molecule has 4 heteroatoms. The third kappa shape index (κ3) is 5.26. The van der Waals surface area contributed by atoms with Crippen molar-refractivity contribution in [1.29, 1.82) is 0 Å². The van der Waals surface area contributed by atoms with Gasteiger partial charge in [0.05, 0.1) is 6.54 Å². The molecule has 92 valence electrons. The van der Waals surface area contributed by atoms with Crippen LogP contribution in [-0.2, 0) is 13.0 Å². The summed E-state index contributed by atoms with van der Waals surface area (Å²) in [5.41, 5.74) is 0.201. The fourth-order valence-electron chi connectivity index (χ4n) is 1.38. The highest BCUT2D eigenvalue weighted by Crippen LogP contribution is 2.18. The molecule has 0 aliphatic rings. The van der Waals surface area contributed by atoms with E-state index in [-0.39, 0.29) is 5.41 Å². The lowest BCUT2D eigenvalue weighted by Gasteiger charge is -2.14. The Morgan fingerprint density at radius 3 is 2.56 bits per heavy atom. The van der Waals surface area contributed by atoms with Gasteiger partial charge in [-0.15, -0.1) is 0 Å². The van der Waals surface area contributed by atoms with E-state index in [9.17, 15) is 0 Å². The van der Waals surface area contributed by atoms with Crippen LogP contribution >= 0.6 is 0 Å². The van der Waals surface area contributed by atoms with Crippen LogP contribution in [0.5, 0.6) is 0 Å². The lowest BCUT2D eigenvalue weighted by Crippen LogP contribution is -2.19. The Hall–Kier alpha value is -0.900. The molecule has 0 amide bonds. The predicted octanol–water partition coefficient (Wildman–Crippen LogP) is 2.40. The van der Waals surface area contributed by atoms with Gasteiger partial charge in [0, 0.05) is 6.42 Å². The summed E-state index contributed by atoms with van der Waals surface area (Å²) in [6, 6.07) is 0. The van der Waals surface area contributed by atoms with Gasteiger partial charge < -0.3 is 9.84 Å². The SMILES string of the molecule is CC(C)CNCc1nc(CC(C)(C)C)no1.